The summed E-state index contributed by atoms with van der Waals surface area (Å²) in [5, 5.41) is 3.56. The Kier molecular flexibility index (Phi) is 7.13. The van der Waals surface area contributed by atoms with Gasteiger partial charge in [-0.3, -0.25) is 4.79 Å². The Balaban J connectivity index is 1.57. The number of benzene rings is 2. The number of rotatable bonds is 8. The zero-order valence-corrected chi connectivity index (χ0v) is 17.9. The minimum absolute atomic E-state index is 0.155. The smallest absolute Gasteiger partial charge is 0.338 e. The molecule has 0 spiro atoms. The number of carbonyl (C=O) groups excluding carboxylic acids is 2. The van der Waals surface area contributed by atoms with Crippen LogP contribution in [0.1, 0.15) is 17.3 Å². The Morgan fingerprint density at radius 3 is 2.43 bits per heavy atom. The molecule has 30 heavy (non-hydrogen) atoms. The molecule has 0 radical (unpaired) electrons. The van der Waals surface area contributed by atoms with Gasteiger partial charge in [0, 0.05) is 18.3 Å². The molecular formula is C22H23N3O4S. The number of nitrogens with one attached hydrogen (secondary N) is 1. The predicted octanol–water partition coefficient (Wildman–Crippen LogP) is 4.00. The molecule has 0 aliphatic heterocycles. The Morgan fingerprint density at radius 1 is 1.10 bits per heavy atom. The average Bonchev–Trinajstić information content (AvgIpc) is 3.13. The van der Waals surface area contributed by atoms with Crippen LogP contribution in [0.5, 0.6) is 5.75 Å². The Labute approximate surface area is 179 Å². The minimum atomic E-state index is -0.381. The molecule has 1 aromatic heterocycles. The van der Waals surface area contributed by atoms with Gasteiger partial charge in [-0.25, -0.2) is 9.78 Å². The SMILES string of the molecule is CCOC(=O)c1ccc(NC(=O)CSc2ncc(-c3ccc(OC)cc3)n2C)cc1. The average molecular weight is 426 g/mol. The van der Waals surface area contributed by atoms with Crippen LogP contribution in [-0.2, 0) is 16.6 Å². The van der Waals surface area contributed by atoms with Crippen LogP contribution in [0.3, 0.4) is 0 Å². The largest absolute Gasteiger partial charge is 0.497 e. The van der Waals surface area contributed by atoms with Crippen molar-refractivity contribution in [1.29, 1.82) is 0 Å². The fourth-order valence-corrected chi connectivity index (χ4v) is 3.54. The monoisotopic (exact) mass is 425 g/mol. The number of aromatic nitrogens is 2. The van der Waals surface area contributed by atoms with Crippen LogP contribution in [0.2, 0.25) is 0 Å². The van der Waals surface area contributed by atoms with Crippen molar-refractivity contribution >= 4 is 29.3 Å². The van der Waals surface area contributed by atoms with Gasteiger partial charge in [-0.1, -0.05) is 11.8 Å². The number of hydrogen-bond acceptors (Lipinski definition) is 6. The lowest BCUT2D eigenvalue weighted by Gasteiger charge is -2.08. The van der Waals surface area contributed by atoms with Gasteiger partial charge in [0.2, 0.25) is 5.91 Å². The summed E-state index contributed by atoms with van der Waals surface area (Å²) in [6.45, 7) is 2.08. The number of ether oxygens (including phenoxy) is 2. The third-order valence-electron chi connectivity index (χ3n) is 4.34. The molecule has 156 valence electrons. The summed E-state index contributed by atoms with van der Waals surface area (Å²) in [6.07, 6.45) is 1.79. The van der Waals surface area contributed by atoms with Crippen molar-refractivity contribution in [2.75, 3.05) is 24.8 Å². The van der Waals surface area contributed by atoms with E-state index in [1.807, 2.05) is 35.9 Å². The molecule has 0 fully saturated rings. The number of hydrogen-bond donors (Lipinski definition) is 1. The lowest BCUT2D eigenvalue weighted by Crippen LogP contribution is -2.14. The number of esters is 1. The second kappa shape index (κ2) is 9.98. The topological polar surface area (TPSA) is 82.4 Å². The molecule has 2 aromatic carbocycles. The highest BCUT2D eigenvalue weighted by atomic mass is 32.2. The van der Waals surface area contributed by atoms with Gasteiger partial charge < -0.3 is 19.4 Å². The van der Waals surface area contributed by atoms with E-state index in [2.05, 4.69) is 10.3 Å². The van der Waals surface area contributed by atoms with E-state index in [0.717, 1.165) is 22.2 Å². The lowest BCUT2D eigenvalue weighted by atomic mass is 10.1. The van der Waals surface area contributed by atoms with Gasteiger partial charge in [0.1, 0.15) is 5.75 Å². The summed E-state index contributed by atoms with van der Waals surface area (Å²) in [7, 11) is 3.55. The van der Waals surface area contributed by atoms with Crippen LogP contribution in [0.15, 0.2) is 59.9 Å². The molecule has 0 aliphatic carbocycles. The van der Waals surface area contributed by atoms with Crippen LogP contribution >= 0.6 is 11.8 Å². The predicted molar refractivity (Wildman–Crippen MR) is 117 cm³/mol. The van der Waals surface area contributed by atoms with Crippen molar-refractivity contribution in [1.82, 2.24) is 9.55 Å². The molecule has 1 N–H and O–H groups in total. The number of methoxy groups -OCH3 is 1. The maximum Gasteiger partial charge on any atom is 0.338 e. The van der Waals surface area contributed by atoms with E-state index < -0.39 is 0 Å². The maximum atomic E-state index is 12.3. The molecule has 0 atom stereocenters. The highest BCUT2D eigenvalue weighted by molar-refractivity contribution is 7.99. The highest BCUT2D eigenvalue weighted by Gasteiger charge is 2.12. The standard InChI is InChI=1S/C22H23N3O4S/c1-4-29-21(27)16-5-9-17(10-6-16)24-20(26)14-30-22-23-13-19(25(22)2)15-7-11-18(28-3)12-8-15/h5-13H,4,14H2,1-3H3,(H,24,26). The van der Waals surface area contributed by atoms with Gasteiger partial charge in [-0.05, 0) is 55.5 Å². The van der Waals surface area contributed by atoms with E-state index in [9.17, 15) is 9.59 Å². The number of thioether (sulfide) groups is 1. The molecule has 1 heterocycles. The van der Waals surface area contributed by atoms with Gasteiger partial charge in [0.15, 0.2) is 5.16 Å². The maximum absolute atomic E-state index is 12.3. The molecule has 8 heteroatoms. The molecule has 0 bridgehead atoms. The molecule has 0 saturated heterocycles. The Bertz CT molecular complexity index is 1010. The Morgan fingerprint density at radius 2 is 1.80 bits per heavy atom. The zero-order valence-electron chi connectivity index (χ0n) is 17.0. The van der Waals surface area contributed by atoms with Crippen LogP contribution in [0.4, 0.5) is 5.69 Å². The third kappa shape index (κ3) is 5.21. The quantitative estimate of drug-likeness (QED) is 0.434. The third-order valence-corrected chi connectivity index (χ3v) is 5.39. The lowest BCUT2D eigenvalue weighted by molar-refractivity contribution is -0.113. The van der Waals surface area contributed by atoms with Gasteiger partial charge >= 0.3 is 5.97 Å². The first-order valence-electron chi connectivity index (χ1n) is 9.37. The molecule has 1 amide bonds. The first-order chi connectivity index (χ1) is 14.5. The van der Waals surface area contributed by atoms with Crippen LogP contribution < -0.4 is 10.1 Å². The van der Waals surface area contributed by atoms with Crippen molar-refractivity contribution in [3.63, 3.8) is 0 Å². The zero-order chi connectivity index (χ0) is 21.5. The summed E-state index contributed by atoms with van der Waals surface area (Å²) in [5.41, 5.74) is 3.04. The van der Waals surface area contributed by atoms with Crippen molar-refractivity contribution in [2.24, 2.45) is 7.05 Å². The van der Waals surface area contributed by atoms with Gasteiger partial charge in [-0.15, -0.1) is 0 Å². The van der Waals surface area contributed by atoms with Gasteiger partial charge in [0.05, 0.1) is 36.9 Å². The number of amides is 1. The Hall–Kier alpha value is -3.26. The second-order valence-corrected chi connectivity index (χ2v) is 7.29. The van der Waals surface area contributed by atoms with E-state index in [1.165, 1.54) is 11.8 Å². The normalized spacial score (nSPS) is 10.5. The number of anilines is 1. The first kappa shape index (κ1) is 21.4. The fourth-order valence-electron chi connectivity index (χ4n) is 2.79. The summed E-state index contributed by atoms with van der Waals surface area (Å²) >= 11 is 1.35. The second-order valence-electron chi connectivity index (χ2n) is 6.35. The van der Waals surface area contributed by atoms with Crippen LogP contribution in [0.25, 0.3) is 11.3 Å². The van der Waals surface area contributed by atoms with E-state index in [1.54, 1.807) is 44.5 Å². The van der Waals surface area contributed by atoms with Crippen LogP contribution in [-0.4, -0.2) is 40.9 Å². The van der Waals surface area contributed by atoms with Gasteiger partial charge in [0.25, 0.3) is 0 Å². The molecule has 7 nitrogen and oxygen atoms in total. The van der Waals surface area contributed by atoms with E-state index in [-0.39, 0.29) is 17.6 Å². The van der Waals surface area contributed by atoms with E-state index in [0.29, 0.717) is 17.9 Å². The molecule has 3 aromatic rings. The van der Waals surface area contributed by atoms with Crippen molar-refractivity contribution < 1.29 is 19.1 Å². The molecule has 3 rings (SSSR count). The fraction of sp³-hybridized carbons (Fsp3) is 0.227. The summed E-state index contributed by atoms with van der Waals surface area (Å²) in [6, 6.07) is 14.3. The highest BCUT2D eigenvalue weighted by Crippen LogP contribution is 2.26. The van der Waals surface area contributed by atoms with E-state index in [4.69, 9.17) is 9.47 Å². The minimum Gasteiger partial charge on any atom is -0.497 e. The van der Waals surface area contributed by atoms with Gasteiger partial charge in [-0.2, -0.15) is 0 Å². The summed E-state index contributed by atoms with van der Waals surface area (Å²) < 4.78 is 12.1. The number of imidazole rings is 1. The first-order valence-corrected chi connectivity index (χ1v) is 10.4. The molecular weight excluding hydrogens is 402 g/mol. The molecule has 0 unspecified atom stereocenters. The molecule has 0 aliphatic rings. The van der Waals surface area contributed by atoms with E-state index >= 15 is 0 Å². The molecule has 0 saturated carbocycles. The van der Waals surface area contributed by atoms with Crippen molar-refractivity contribution in [3.05, 3.63) is 60.3 Å². The van der Waals surface area contributed by atoms with Crippen molar-refractivity contribution in [2.45, 2.75) is 12.1 Å². The number of carbonyl (C=O) groups is 2. The van der Waals surface area contributed by atoms with Crippen LogP contribution in [0, 0.1) is 0 Å². The number of nitrogens with zero attached hydrogens (tertiary/aromatic N) is 2. The van der Waals surface area contributed by atoms with Crippen molar-refractivity contribution in [3.8, 4) is 17.0 Å². The summed E-state index contributed by atoms with van der Waals surface area (Å²) in [5.74, 6) is 0.473. The summed E-state index contributed by atoms with van der Waals surface area (Å²) in [4.78, 5) is 28.4.